The molecule has 84 valence electrons. The molecule has 0 aliphatic heterocycles. The average molecular weight is 229 g/mol. The smallest absolute Gasteiger partial charge is 0.176 e. The molecule has 0 heterocycles. The fraction of sp³-hybridized carbons (Fsp3) is 0.500. The molecule has 1 aromatic carbocycles. The van der Waals surface area contributed by atoms with Crippen LogP contribution in [0.1, 0.15) is 26.3 Å². The predicted molar refractivity (Wildman–Crippen MR) is 62.8 cm³/mol. The molecule has 1 N–H and O–H groups in total. The summed E-state index contributed by atoms with van der Waals surface area (Å²) in [6.45, 7) is 6.46. The molecule has 1 rings (SSSR count). The van der Waals surface area contributed by atoms with Crippen LogP contribution in [-0.4, -0.2) is 12.2 Å². The molecular weight excluding hydrogens is 212 g/mol. The molecule has 0 atom stereocenters. The maximum absolute atomic E-state index is 9.56. The van der Waals surface area contributed by atoms with E-state index in [2.05, 4.69) is 20.8 Å². The van der Waals surface area contributed by atoms with Crippen molar-refractivity contribution >= 4 is 11.6 Å². The number of hydrogen-bond acceptors (Lipinski definition) is 2. The number of rotatable bonds is 2. The number of methoxy groups -OCH3 is 1. The van der Waals surface area contributed by atoms with Crippen LogP contribution in [0.2, 0.25) is 5.02 Å². The van der Waals surface area contributed by atoms with Crippen molar-refractivity contribution in [3.63, 3.8) is 0 Å². The van der Waals surface area contributed by atoms with Gasteiger partial charge in [0.15, 0.2) is 11.5 Å². The minimum absolute atomic E-state index is 0.0109. The Morgan fingerprint density at radius 3 is 2.40 bits per heavy atom. The van der Waals surface area contributed by atoms with Crippen LogP contribution in [0.4, 0.5) is 0 Å². The molecule has 0 amide bonds. The van der Waals surface area contributed by atoms with Gasteiger partial charge in [0.25, 0.3) is 0 Å². The summed E-state index contributed by atoms with van der Waals surface area (Å²) in [6, 6.07) is 3.61. The van der Waals surface area contributed by atoms with Crippen molar-refractivity contribution in [2.24, 2.45) is 5.41 Å². The number of aromatic hydroxyl groups is 1. The SMILES string of the molecule is COc1cc(CC(C)(C)C)cc(Cl)c1O. The molecule has 0 spiro atoms. The third-order valence-corrected chi connectivity index (χ3v) is 2.33. The van der Waals surface area contributed by atoms with E-state index in [4.69, 9.17) is 16.3 Å². The molecule has 0 aromatic heterocycles. The lowest BCUT2D eigenvalue weighted by Crippen LogP contribution is -2.09. The zero-order valence-corrected chi connectivity index (χ0v) is 10.4. The van der Waals surface area contributed by atoms with Crippen LogP contribution in [0.3, 0.4) is 0 Å². The quantitative estimate of drug-likeness (QED) is 0.838. The molecule has 0 unspecified atom stereocenters. The van der Waals surface area contributed by atoms with Crippen LogP contribution in [0, 0.1) is 5.41 Å². The van der Waals surface area contributed by atoms with Crippen molar-refractivity contribution in [3.8, 4) is 11.5 Å². The Hall–Kier alpha value is -0.890. The zero-order chi connectivity index (χ0) is 11.6. The van der Waals surface area contributed by atoms with Crippen LogP contribution in [0.5, 0.6) is 11.5 Å². The lowest BCUT2D eigenvalue weighted by atomic mass is 9.88. The van der Waals surface area contributed by atoms with E-state index in [0.717, 1.165) is 12.0 Å². The van der Waals surface area contributed by atoms with Gasteiger partial charge in [-0.3, -0.25) is 0 Å². The van der Waals surface area contributed by atoms with Gasteiger partial charge in [-0.05, 0) is 29.5 Å². The van der Waals surface area contributed by atoms with E-state index in [-0.39, 0.29) is 11.2 Å². The first-order valence-corrected chi connectivity index (χ1v) is 5.26. The number of benzene rings is 1. The van der Waals surface area contributed by atoms with Crippen molar-refractivity contribution in [1.29, 1.82) is 0 Å². The maximum Gasteiger partial charge on any atom is 0.176 e. The van der Waals surface area contributed by atoms with Gasteiger partial charge in [0.2, 0.25) is 0 Å². The summed E-state index contributed by atoms with van der Waals surface area (Å²) < 4.78 is 5.05. The number of phenols is 1. The van der Waals surface area contributed by atoms with E-state index >= 15 is 0 Å². The van der Waals surface area contributed by atoms with Gasteiger partial charge in [-0.25, -0.2) is 0 Å². The highest BCUT2D eigenvalue weighted by molar-refractivity contribution is 6.32. The lowest BCUT2D eigenvalue weighted by Gasteiger charge is -2.19. The van der Waals surface area contributed by atoms with Gasteiger partial charge in [0.05, 0.1) is 12.1 Å². The fourth-order valence-corrected chi connectivity index (χ4v) is 1.73. The first-order chi connectivity index (χ1) is 6.83. The first-order valence-electron chi connectivity index (χ1n) is 4.89. The second-order valence-electron chi connectivity index (χ2n) is 4.87. The van der Waals surface area contributed by atoms with E-state index in [1.165, 1.54) is 7.11 Å². The highest BCUT2D eigenvalue weighted by atomic mass is 35.5. The van der Waals surface area contributed by atoms with Gasteiger partial charge in [-0.2, -0.15) is 0 Å². The molecule has 0 aliphatic rings. The summed E-state index contributed by atoms with van der Waals surface area (Å²) in [5.74, 6) is 0.443. The molecule has 0 saturated carbocycles. The standard InChI is InChI=1S/C12H17ClO2/c1-12(2,3)7-8-5-9(13)11(14)10(6-8)15-4/h5-6,14H,7H2,1-4H3. The van der Waals surface area contributed by atoms with E-state index in [0.29, 0.717) is 10.8 Å². The Kier molecular flexibility index (Phi) is 3.50. The van der Waals surface area contributed by atoms with Gasteiger partial charge in [-0.15, -0.1) is 0 Å². The summed E-state index contributed by atoms with van der Waals surface area (Å²) in [4.78, 5) is 0. The third-order valence-electron chi connectivity index (χ3n) is 2.04. The largest absolute Gasteiger partial charge is 0.503 e. The van der Waals surface area contributed by atoms with Crippen molar-refractivity contribution in [3.05, 3.63) is 22.7 Å². The monoisotopic (exact) mass is 228 g/mol. The first kappa shape index (κ1) is 12.2. The Morgan fingerprint density at radius 2 is 1.93 bits per heavy atom. The van der Waals surface area contributed by atoms with Gasteiger partial charge >= 0.3 is 0 Å². The molecular formula is C12H17ClO2. The van der Waals surface area contributed by atoms with Gasteiger partial charge < -0.3 is 9.84 Å². The minimum atomic E-state index is 0.0109. The van der Waals surface area contributed by atoms with Crippen molar-refractivity contribution in [1.82, 2.24) is 0 Å². The fourth-order valence-electron chi connectivity index (χ4n) is 1.50. The molecule has 1 aromatic rings. The lowest BCUT2D eigenvalue weighted by molar-refractivity contribution is 0.370. The number of ether oxygens (including phenoxy) is 1. The van der Waals surface area contributed by atoms with Crippen molar-refractivity contribution in [2.75, 3.05) is 7.11 Å². The molecule has 15 heavy (non-hydrogen) atoms. The van der Waals surface area contributed by atoms with Crippen LogP contribution in [-0.2, 0) is 6.42 Å². The number of hydrogen-bond donors (Lipinski definition) is 1. The van der Waals surface area contributed by atoms with Gasteiger partial charge in [0.1, 0.15) is 0 Å². The van der Waals surface area contributed by atoms with Gasteiger partial charge in [0, 0.05) is 0 Å². The molecule has 3 heteroatoms. The molecule has 0 saturated heterocycles. The van der Waals surface area contributed by atoms with E-state index in [9.17, 15) is 5.11 Å². The summed E-state index contributed by atoms with van der Waals surface area (Å²) in [6.07, 6.45) is 0.892. The molecule has 0 bridgehead atoms. The van der Waals surface area contributed by atoms with E-state index < -0.39 is 0 Å². The topological polar surface area (TPSA) is 29.5 Å². The maximum atomic E-state index is 9.56. The minimum Gasteiger partial charge on any atom is -0.503 e. The Labute approximate surface area is 95.8 Å². The molecule has 2 nitrogen and oxygen atoms in total. The summed E-state index contributed by atoms with van der Waals surface area (Å²) >= 11 is 5.90. The summed E-state index contributed by atoms with van der Waals surface area (Å²) in [5, 5.41) is 9.90. The van der Waals surface area contributed by atoms with Crippen LogP contribution < -0.4 is 4.74 Å². The molecule has 0 aliphatic carbocycles. The second-order valence-corrected chi connectivity index (χ2v) is 5.27. The second kappa shape index (κ2) is 4.31. The zero-order valence-electron chi connectivity index (χ0n) is 9.60. The normalized spacial score (nSPS) is 11.5. The highest BCUT2D eigenvalue weighted by Gasteiger charge is 2.15. The van der Waals surface area contributed by atoms with Crippen LogP contribution in [0.15, 0.2) is 12.1 Å². The molecule has 0 radical (unpaired) electrons. The van der Waals surface area contributed by atoms with Crippen molar-refractivity contribution < 1.29 is 9.84 Å². The highest BCUT2D eigenvalue weighted by Crippen LogP contribution is 2.36. The number of phenolic OH excluding ortho intramolecular Hbond substituents is 1. The molecule has 0 fully saturated rings. The summed E-state index contributed by atoms with van der Waals surface area (Å²) in [5.41, 5.74) is 1.26. The van der Waals surface area contributed by atoms with E-state index in [1.807, 2.05) is 6.07 Å². The average Bonchev–Trinajstić information content (AvgIpc) is 2.08. The Balaban J connectivity index is 3.06. The van der Waals surface area contributed by atoms with Gasteiger partial charge in [-0.1, -0.05) is 32.4 Å². The van der Waals surface area contributed by atoms with Crippen LogP contribution in [0.25, 0.3) is 0 Å². The Bertz CT molecular complexity index is 353. The predicted octanol–water partition coefficient (Wildman–Crippen LogP) is 3.64. The van der Waals surface area contributed by atoms with Crippen LogP contribution >= 0.6 is 11.6 Å². The van der Waals surface area contributed by atoms with E-state index in [1.54, 1.807) is 6.07 Å². The summed E-state index contributed by atoms with van der Waals surface area (Å²) in [7, 11) is 1.52. The third kappa shape index (κ3) is 3.31. The Morgan fingerprint density at radius 1 is 1.33 bits per heavy atom. The van der Waals surface area contributed by atoms with Crippen molar-refractivity contribution in [2.45, 2.75) is 27.2 Å². The number of halogens is 1.